The summed E-state index contributed by atoms with van der Waals surface area (Å²) in [6, 6.07) is 1.78. The smallest absolute Gasteiger partial charge is 0.226 e. The molecule has 0 bridgehead atoms. The lowest BCUT2D eigenvalue weighted by Crippen LogP contribution is -2.46. The number of aromatic amines is 1. The van der Waals surface area contributed by atoms with Gasteiger partial charge in [-0.15, -0.1) is 0 Å². The molecule has 0 spiro atoms. The first-order valence-corrected chi connectivity index (χ1v) is 6.86. The Balaban J connectivity index is 1.77. The van der Waals surface area contributed by atoms with Crippen LogP contribution in [0.4, 0.5) is 0 Å². The number of nitrogens with zero attached hydrogens (tertiary/aromatic N) is 1. The van der Waals surface area contributed by atoms with Gasteiger partial charge in [-0.1, -0.05) is 13.8 Å². The number of H-pyrrole nitrogens is 1. The Labute approximate surface area is 113 Å². The molecular weight excluding hydrogens is 242 g/mol. The minimum atomic E-state index is -0.737. The van der Waals surface area contributed by atoms with E-state index in [4.69, 9.17) is 0 Å². The standard InChI is InChI=1S/C14H23N3O2/c1-13(2)4-6-14(19,7-5-13)10-15-12(18)9-11-3-8-16-17-11/h3,8,19H,4-7,9-10H2,1-2H3,(H,15,18)(H,16,17). The summed E-state index contributed by atoms with van der Waals surface area (Å²) in [6.07, 6.45) is 5.41. The normalized spacial score (nSPS) is 21.0. The number of nitrogens with one attached hydrogen (secondary N) is 2. The van der Waals surface area contributed by atoms with Crippen LogP contribution in [0.25, 0.3) is 0 Å². The van der Waals surface area contributed by atoms with Crippen LogP contribution in [-0.4, -0.2) is 33.4 Å². The Kier molecular flexibility index (Phi) is 3.94. The van der Waals surface area contributed by atoms with Crippen molar-refractivity contribution >= 4 is 5.91 Å². The van der Waals surface area contributed by atoms with Crippen molar-refractivity contribution < 1.29 is 9.90 Å². The summed E-state index contributed by atoms with van der Waals surface area (Å²) in [5, 5.41) is 19.8. The van der Waals surface area contributed by atoms with Crippen molar-refractivity contribution in [3.63, 3.8) is 0 Å². The number of aromatic nitrogens is 2. The number of amides is 1. The molecule has 1 aliphatic carbocycles. The summed E-state index contributed by atoms with van der Waals surface area (Å²) in [6.45, 7) is 4.79. The molecule has 5 heteroatoms. The van der Waals surface area contributed by atoms with Gasteiger partial charge in [-0.25, -0.2) is 0 Å². The van der Waals surface area contributed by atoms with Crippen LogP contribution >= 0.6 is 0 Å². The lowest BCUT2D eigenvalue weighted by Gasteiger charge is -2.40. The third-order valence-corrected chi connectivity index (χ3v) is 4.06. The second kappa shape index (κ2) is 5.33. The Hall–Kier alpha value is -1.36. The molecule has 1 aliphatic rings. The van der Waals surface area contributed by atoms with Crippen LogP contribution in [0.5, 0.6) is 0 Å². The summed E-state index contributed by atoms with van der Waals surface area (Å²) in [7, 11) is 0. The molecule has 0 atom stereocenters. The average molecular weight is 265 g/mol. The van der Waals surface area contributed by atoms with E-state index in [1.165, 1.54) is 0 Å². The summed E-state index contributed by atoms with van der Waals surface area (Å²) in [5.74, 6) is -0.0810. The zero-order valence-electron chi connectivity index (χ0n) is 11.7. The molecule has 0 aromatic carbocycles. The maximum Gasteiger partial charge on any atom is 0.226 e. The van der Waals surface area contributed by atoms with Gasteiger partial charge in [0.05, 0.1) is 12.0 Å². The molecule has 0 saturated heterocycles. The molecule has 1 fully saturated rings. The van der Waals surface area contributed by atoms with Crippen molar-refractivity contribution in [3.05, 3.63) is 18.0 Å². The SMILES string of the molecule is CC1(C)CCC(O)(CNC(=O)Cc2ccn[nH]2)CC1. The molecule has 5 nitrogen and oxygen atoms in total. The molecular formula is C14H23N3O2. The number of hydrogen-bond acceptors (Lipinski definition) is 3. The van der Waals surface area contributed by atoms with E-state index in [0.717, 1.165) is 31.4 Å². The molecule has 106 valence electrons. The van der Waals surface area contributed by atoms with Crippen molar-refractivity contribution in [3.8, 4) is 0 Å². The molecule has 2 rings (SSSR count). The summed E-state index contributed by atoms with van der Waals surface area (Å²) < 4.78 is 0. The fraction of sp³-hybridized carbons (Fsp3) is 0.714. The van der Waals surface area contributed by atoms with Crippen LogP contribution < -0.4 is 5.32 Å². The second-order valence-corrected chi connectivity index (χ2v) is 6.42. The lowest BCUT2D eigenvalue weighted by molar-refractivity contribution is -0.122. The first-order valence-electron chi connectivity index (χ1n) is 6.86. The van der Waals surface area contributed by atoms with E-state index in [0.29, 0.717) is 12.0 Å². The quantitative estimate of drug-likeness (QED) is 0.770. The van der Waals surface area contributed by atoms with Crippen LogP contribution in [-0.2, 0) is 11.2 Å². The molecule has 1 saturated carbocycles. The highest BCUT2D eigenvalue weighted by molar-refractivity contribution is 5.78. The molecule has 1 amide bonds. The zero-order chi connectivity index (χ0) is 13.9. The van der Waals surface area contributed by atoms with Crippen molar-refractivity contribution in [1.82, 2.24) is 15.5 Å². The van der Waals surface area contributed by atoms with Crippen molar-refractivity contribution in [1.29, 1.82) is 0 Å². The first kappa shape index (κ1) is 14.1. The Morgan fingerprint density at radius 1 is 1.42 bits per heavy atom. The number of aliphatic hydroxyl groups is 1. The highest BCUT2D eigenvalue weighted by Crippen LogP contribution is 2.39. The highest BCUT2D eigenvalue weighted by Gasteiger charge is 2.36. The molecule has 19 heavy (non-hydrogen) atoms. The fourth-order valence-corrected chi connectivity index (χ4v) is 2.45. The van der Waals surface area contributed by atoms with E-state index in [2.05, 4.69) is 29.4 Å². The summed E-state index contributed by atoms with van der Waals surface area (Å²) in [5.41, 5.74) is 0.361. The van der Waals surface area contributed by atoms with Gasteiger partial charge in [0.1, 0.15) is 0 Å². The Bertz CT molecular complexity index is 416. The maximum atomic E-state index is 11.8. The van der Waals surface area contributed by atoms with Crippen LogP contribution in [0.1, 0.15) is 45.2 Å². The largest absolute Gasteiger partial charge is 0.388 e. The highest BCUT2D eigenvalue weighted by atomic mass is 16.3. The Morgan fingerprint density at radius 3 is 2.68 bits per heavy atom. The molecule has 3 N–H and O–H groups in total. The third kappa shape index (κ3) is 4.06. The van der Waals surface area contributed by atoms with Crippen LogP contribution in [0, 0.1) is 5.41 Å². The first-order chi connectivity index (χ1) is 8.89. The van der Waals surface area contributed by atoms with Gasteiger partial charge in [0, 0.05) is 18.4 Å². The third-order valence-electron chi connectivity index (χ3n) is 4.06. The molecule has 0 unspecified atom stereocenters. The van der Waals surface area contributed by atoms with Gasteiger partial charge in [-0.3, -0.25) is 9.89 Å². The van der Waals surface area contributed by atoms with Gasteiger partial charge in [-0.05, 0) is 37.2 Å². The van der Waals surface area contributed by atoms with Crippen LogP contribution in [0.3, 0.4) is 0 Å². The molecule has 1 aromatic rings. The predicted octanol–water partition coefficient (Wildman–Crippen LogP) is 1.40. The number of carbonyl (C=O) groups is 1. The zero-order valence-corrected chi connectivity index (χ0v) is 11.7. The van der Waals surface area contributed by atoms with Gasteiger partial charge in [0.25, 0.3) is 0 Å². The average Bonchev–Trinajstić information content (AvgIpc) is 2.84. The van der Waals surface area contributed by atoms with Gasteiger partial charge < -0.3 is 10.4 Å². The molecule has 0 radical (unpaired) electrons. The minimum Gasteiger partial charge on any atom is -0.388 e. The Morgan fingerprint density at radius 2 is 2.11 bits per heavy atom. The van der Waals surface area contributed by atoms with Crippen molar-refractivity contribution in [2.75, 3.05) is 6.54 Å². The number of rotatable bonds is 4. The van der Waals surface area contributed by atoms with E-state index in [1.807, 2.05) is 0 Å². The van der Waals surface area contributed by atoms with Crippen molar-refractivity contribution in [2.45, 2.75) is 51.6 Å². The molecule has 1 aromatic heterocycles. The van der Waals surface area contributed by atoms with Gasteiger partial charge in [0.2, 0.25) is 5.91 Å². The second-order valence-electron chi connectivity index (χ2n) is 6.42. The van der Waals surface area contributed by atoms with Crippen LogP contribution in [0.15, 0.2) is 12.3 Å². The van der Waals surface area contributed by atoms with Gasteiger partial charge >= 0.3 is 0 Å². The number of carbonyl (C=O) groups excluding carboxylic acids is 1. The van der Waals surface area contributed by atoms with Gasteiger partial charge in [0.15, 0.2) is 0 Å². The van der Waals surface area contributed by atoms with Crippen LogP contribution in [0.2, 0.25) is 0 Å². The monoisotopic (exact) mass is 265 g/mol. The molecule has 1 heterocycles. The van der Waals surface area contributed by atoms with Crippen molar-refractivity contribution in [2.24, 2.45) is 5.41 Å². The predicted molar refractivity (Wildman–Crippen MR) is 72.5 cm³/mol. The summed E-state index contributed by atoms with van der Waals surface area (Å²) >= 11 is 0. The summed E-state index contributed by atoms with van der Waals surface area (Å²) in [4.78, 5) is 11.8. The topological polar surface area (TPSA) is 78.0 Å². The van der Waals surface area contributed by atoms with E-state index in [-0.39, 0.29) is 12.3 Å². The number of hydrogen-bond donors (Lipinski definition) is 3. The van der Waals surface area contributed by atoms with E-state index >= 15 is 0 Å². The lowest BCUT2D eigenvalue weighted by atomic mass is 9.71. The fourth-order valence-electron chi connectivity index (χ4n) is 2.45. The minimum absolute atomic E-state index is 0.0810. The van der Waals surface area contributed by atoms with Gasteiger partial charge in [-0.2, -0.15) is 5.10 Å². The molecule has 0 aliphatic heterocycles. The van der Waals surface area contributed by atoms with E-state index in [1.54, 1.807) is 12.3 Å². The maximum absolute atomic E-state index is 11.8. The van der Waals surface area contributed by atoms with E-state index in [9.17, 15) is 9.90 Å². The van der Waals surface area contributed by atoms with E-state index < -0.39 is 5.60 Å².